The van der Waals surface area contributed by atoms with E-state index in [-0.39, 0.29) is 11.8 Å². The second-order valence-electron chi connectivity index (χ2n) is 5.11. The van der Waals surface area contributed by atoms with Crippen molar-refractivity contribution in [2.24, 2.45) is 5.92 Å². The summed E-state index contributed by atoms with van der Waals surface area (Å²) in [5, 5.41) is 11.9. The first-order valence-electron chi connectivity index (χ1n) is 6.52. The number of para-hydroxylation sites is 1. The van der Waals surface area contributed by atoms with E-state index < -0.39 is 5.54 Å². The Balaban J connectivity index is 2.06. The summed E-state index contributed by atoms with van der Waals surface area (Å²) in [5.74, 6) is 0.514. The van der Waals surface area contributed by atoms with E-state index in [1.807, 2.05) is 31.2 Å². The molecule has 1 heterocycles. The van der Waals surface area contributed by atoms with E-state index in [9.17, 15) is 4.79 Å². The predicted octanol–water partition coefficient (Wildman–Crippen LogP) is 2.05. The minimum atomic E-state index is -0.798. The van der Waals surface area contributed by atoms with Gasteiger partial charge in [0.25, 0.3) is 0 Å². The number of fused-ring (bicyclic) bond motifs is 1. The molecule has 2 rings (SSSR count). The van der Waals surface area contributed by atoms with Crippen molar-refractivity contribution in [1.82, 2.24) is 5.32 Å². The van der Waals surface area contributed by atoms with Crippen LogP contribution in [0.1, 0.15) is 25.8 Å². The average molecular weight is 258 g/mol. The van der Waals surface area contributed by atoms with E-state index in [0.29, 0.717) is 19.4 Å². The van der Waals surface area contributed by atoms with Crippen LogP contribution < -0.4 is 10.1 Å². The van der Waals surface area contributed by atoms with Crippen LogP contribution in [0.4, 0.5) is 0 Å². The van der Waals surface area contributed by atoms with Gasteiger partial charge in [0, 0.05) is 0 Å². The number of benzene rings is 1. The zero-order chi connectivity index (χ0) is 13.9. The third-order valence-corrected chi connectivity index (χ3v) is 3.60. The molecule has 4 heteroatoms. The molecule has 1 aromatic carbocycles. The van der Waals surface area contributed by atoms with Crippen LogP contribution in [-0.4, -0.2) is 18.1 Å². The van der Waals surface area contributed by atoms with Crippen molar-refractivity contribution in [3.63, 3.8) is 0 Å². The molecule has 1 amide bonds. The van der Waals surface area contributed by atoms with Crippen LogP contribution in [-0.2, 0) is 11.2 Å². The van der Waals surface area contributed by atoms with Crippen LogP contribution in [0.15, 0.2) is 24.3 Å². The van der Waals surface area contributed by atoms with Crippen LogP contribution in [0, 0.1) is 17.2 Å². The third-order valence-electron chi connectivity index (χ3n) is 3.60. The maximum Gasteiger partial charge on any atom is 0.228 e. The second kappa shape index (κ2) is 5.31. The monoisotopic (exact) mass is 258 g/mol. The minimum absolute atomic E-state index is 0.111. The van der Waals surface area contributed by atoms with Crippen molar-refractivity contribution in [1.29, 1.82) is 5.26 Å². The largest absolute Gasteiger partial charge is 0.492 e. The fourth-order valence-corrected chi connectivity index (χ4v) is 2.07. The molecule has 4 nitrogen and oxygen atoms in total. The Kier molecular flexibility index (Phi) is 3.75. The van der Waals surface area contributed by atoms with Gasteiger partial charge in [0.15, 0.2) is 0 Å². The molecule has 1 aliphatic rings. The van der Waals surface area contributed by atoms with Crippen LogP contribution in [0.3, 0.4) is 0 Å². The maximum atomic E-state index is 12.2. The summed E-state index contributed by atoms with van der Waals surface area (Å²) in [6, 6.07) is 9.88. The van der Waals surface area contributed by atoms with Gasteiger partial charge in [0.1, 0.15) is 17.9 Å². The standard InChI is InChI=1S/C15H18N2O2/c1-3-15(2,10-16)17-14(18)12-8-11-6-4-5-7-13(11)19-9-12/h4-7,12H,3,8-9H2,1-2H3,(H,17,18). The summed E-state index contributed by atoms with van der Waals surface area (Å²) in [6.07, 6.45) is 1.24. The maximum absolute atomic E-state index is 12.2. The molecule has 1 aliphatic heterocycles. The van der Waals surface area contributed by atoms with Gasteiger partial charge in [-0.1, -0.05) is 25.1 Å². The van der Waals surface area contributed by atoms with E-state index in [1.165, 1.54) is 0 Å². The van der Waals surface area contributed by atoms with Gasteiger partial charge in [-0.05, 0) is 31.4 Å². The van der Waals surface area contributed by atoms with E-state index in [4.69, 9.17) is 10.00 Å². The quantitative estimate of drug-likeness (QED) is 0.902. The van der Waals surface area contributed by atoms with Gasteiger partial charge in [0.2, 0.25) is 5.91 Å². The molecule has 1 N–H and O–H groups in total. The molecule has 0 aliphatic carbocycles. The third kappa shape index (κ3) is 2.87. The zero-order valence-corrected chi connectivity index (χ0v) is 11.3. The molecular formula is C15H18N2O2. The Hall–Kier alpha value is -2.02. The lowest BCUT2D eigenvalue weighted by Gasteiger charge is -2.28. The summed E-state index contributed by atoms with van der Waals surface area (Å²) in [4.78, 5) is 12.2. The smallest absolute Gasteiger partial charge is 0.228 e. The van der Waals surface area contributed by atoms with Crippen LogP contribution >= 0.6 is 0 Å². The van der Waals surface area contributed by atoms with Crippen LogP contribution in [0.25, 0.3) is 0 Å². The van der Waals surface area contributed by atoms with Gasteiger partial charge >= 0.3 is 0 Å². The number of rotatable bonds is 3. The number of ether oxygens (including phenoxy) is 1. The normalized spacial score (nSPS) is 20.4. The number of amides is 1. The SMILES string of the molecule is CCC(C)(C#N)NC(=O)C1COc2ccccc2C1. The first-order valence-corrected chi connectivity index (χ1v) is 6.52. The number of hydrogen-bond acceptors (Lipinski definition) is 3. The van der Waals surface area contributed by atoms with E-state index in [0.717, 1.165) is 11.3 Å². The molecule has 0 fully saturated rings. The highest BCUT2D eigenvalue weighted by Gasteiger charge is 2.31. The Morgan fingerprint density at radius 3 is 3.00 bits per heavy atom. The molecule has 2 atom stereocenters. The van der Waals surface area contributed by atoms with Crippen molar-refractivity contribution < 1.29 is 9.53 Å². The first-order chi connectivity index (χ1) is 9.08. The highest BCUT2D eigenvalue weighted by molar-refractivity contribution is 5.80. The lowest BCUT2D eigenvalue weighted by molar-refractivity contribution is -0.127. The molecule has 0 aromatic heterocycles. The lowest BCUT2D eigenvalue weighted by atomic mass is 9.93. The van der Waals surface area contributed by atoms with Crippen molar-refractivity contribution in [3.05, 3.63) is 29.8 Å². The lowest BCUT2D eigenvalue weighted by Crippen LogP contribution is -2.49. The molecule has 0 spiro atoms. The van der Waals surface area contributed by atoms with Crippen molar-refractivity contribution in [3.8, 4) is 11.8 Å². The van der Waals surface area contributed by atoms with Gasteiger partial charge in [-0.25, -0.2) is 0 Å². The van der Waals surface area contributed by atoms with E-state index >= 15 is 0 Å². The van der Waals surface area contributed by atoms with Crippen molar-refractivity contribution in [2.75, 3.05) is 6.61 Å². The molecule has 0 saturated carbocycles. The number of nitriles is 1. The van der Waals surface area contributed by atoms with Crippen LogP contribution in [0.5, 0.6) is 5.75 Å². The van der Waals surface area contributed by atoms with Gasteiger partial charge in [-0.2, -0.15) is 5.26 Å². The number of carbonyl (C=O) groups is 1. The van der Waals surface area contributed by atoms with Crippen molar-refractivity contribution in [2.45, 2.75) is 32.2 Å². The first kappa shape index (κ1) is 13.4. The second-order valence-corrected chi connectivity index (χ2v) is 5.11. The summed E-state index contributed by atoms with van der Waals surface area (Å²) in [5.41, 5.74) is 0.248. The van der Waals surface area contributed by atoms with Gasteiger partial charge < -0.3 is 10.1 Å². The highest BCUT2D eigenvalue weighted by atomic mass is 16.5. The van der Waals surface area contributed by atoms with Gasteiger partial charge in [-0.15, -0.1) is 0 Å². The molecule has 0 bridgehead atoms. The molecule has 0 saturated heterocycles. The Labute approximate surface area is 113 Å². The van der Waals surface area contributed by atoms with Gasteiger partial charge in [-0.3, -0.25) is 4.79 Å². The Morgan fingerprint density at radius 2 is 2.32 bits per heavy atom. The summed E-state index contributed by atoms with van der Waals surface area (Å²) >= 11 is 0. The fourth-order valence-electron chi connectivity index (χ4n) is 2.07. The van der Waals surface area contributed by atoms with Crippen LogP contribution in [0.2, 0.25) is 0 Å². The molecule has 0 radical (unpaired) electrons. The molecule has 19 heavy (non-hydrogen) atoms. The minimum Gasteiger partial charge on any atom is -0.492 e. The van der Waals surface area contributed by atoms with Gasteiger partial charge in [0.05, 0.1) is 12.0 Å². The molecule has 100 valence electrons. The van der Waals surface area contributed by atoms with E-state index in [1.54, 1.807) is 6.92 Å². The highest BCUT2D eigenvalue weighted by Crippen LogP contribution is 2.27. The van der Waals surface area contributed by atoms with E-state index in [2.05, 4.69) is 11.4 Å². The number of carbonyl (C=O) groups excluding carboxylic acids is 1. The molecule has 2 unspecified atom stereocenters. The summed E-state index contributed by atoms with van der Waals surface area (Å²) in [6.45, 7) is 3.99. The molecular weight excluding hydrogens is 240 g/mol. The average Bonchev–Trinajstić information content (AvgIpc) is 2.46. The fraction of sp³-hybridized carbons (Fsp3) is 0.467. The number of nitrogens with one attached hydrogen (secondary N) is 1. The number of nitrogens with zero attached hydrogens (tertiary/aromatic N) is 1. The number of hydrogen-bond donors (Lipinski definition) is 1. The Bertz CT molecular complexity index is 521. The predicted molar refractivity (Wildman–Crippen MR) is 71.6 cm³/mol. The summed E-state index contributed by atoms with van der Waals surface area (Å²) < 4.78 is 5.60. The summed E-state index contributed by atoms with van der Waals surface area (Å²) in [7, 11) is 0. The molecule has 1 aromatic rings. The Morgan fingerprint density at radius 1 is 1.58 bits per heavy atom. The van der Waals surface area contributed by atoms with Crippen molar-refractivity contribution >= 4 is 5.91 Å². The zero-order valence-electron chi connectivity index (χ0n) is 11.3. The topological polar surface area (TPSA) is 62.1 Å².